The van der Waals surface area contributed by atoms with Gasteiger partial charge in [0.1, 0.15) is 0 Å². The highest BCUT2D eigenvalue weighted by atomic mass is 15.0. The first-order chi connectivity index (χ1) is 27.8. The smallest absolute Gasteiger partial charge is 0.164 e. The summed E-state index contributed by atoms with van der Waals surface area (Å²) >= 11 is 0. The number of benzene rings is 8. The predicted octanol–water partition coefficient (Wildman–Crippen LogP) is 12.7. The number of fused-ring (bicyclic) bond motifs is 6. The van der Waals surface area contributed by atoms with E-state index in [1.807, 2.05) is 60.7 Å². The summed E-state index contributed by atoms with van der Waals surface area (Å²) in [6.07, 6.45) is 0. The summed E-state index contributed by atoms with van der Waals surface area (Å²) in [6.45, 7) is 0. The standard InChI is InChI=1S/C51H33N5/c1-3-17-34(18-4-1)49-52-50(35-19-5-2-6-20-35)54-51(53-49)36-31-32-48(56-45-28-14-9-23-39(45)40-24-10-15-29-46(40)56)42(33-36)41-25-11-16-30-47(41)55-43-26-12-7-21-37(43)38-22-8-13-27-44(38)55/h1-33H. The third-order valence-corrected chi connectivity index (χ3v) is 10.8. The number of hydrogen-bond donors (Lipinski definition) is 0. The molecule has 8 aromatic carbocycles. The van der Waals surface area contributed by atoms with Crippen LogP contribution in [0.3, 0.4) is 0 Å². The molecule has 0 unspecified atom stereocenters. The summed E-state index contributed by atoms with van der Waals surface area (Å²) in [5, 5.41) is 4.88. The summed E-state index contributed by atoms with van der Waals surface area (Å²) in [6, 6.07) is 70.4. The summed E-state index contributed by atoms with van der Waals surface area (Å²) in [4.78, 5) is 15.3. The van der Waals surface area contributed by atoms with Crippen LogP contribution in [0.1, 0.15) is 0 Å². The molecule has 56 heavy (non-hydrogen) atoms. The molecule has 11 aromatic rings. The van der Waals surface area contributed by atoms with Gasteiger partial charge in [-0.05, 0) is 48.5 Å². The van der Waals surface area contributed by atoms with E-state index in [0.717, 1.165) is 61.3 Å². The lowest BCUT2D eigenvalue weighted by Crippen LogP contribution is -2.03. The Morgan fingerprint density at radius 3 is 1.09 bits per heavy atom. The Labute approximate surface area is 323 Å². The first-order valence-corrected chi connectivity index (χ1v) is 18.9. The first kappa shape index (κ1) is 31.9. The van der Waals surface area contributed by atoms with Crippen molar-refractivity contribution in [2.45, 2.75) is 0 Å². The molecule has 0 atom stereocenters. The van der Waals surface area contributed by atoms with Gasteiger partial charge in [-0.25, -0.2) is 15.0 Å². The monoisotopic (exact) mass is 715 g/mol. The van der Waals surface area contributed by atoms with E-state index in [1.54, 1.807) is 0 Å². The van der Waals surface area contributed by atoms with E-state index in [4.69, 9.17) is 15.0 Å². The largest absolute Gasteiger partial charge is 0.309 e. The number of rotatable bonds is 6. The van der Waals surface area contributed by atoms with Gasteiger partial charge in [-0.15, -0.1) is 0 Å². The molecule has 0 aliphatic carbocycles. The average molecular weight is 716 g/mol. The summed E-state index contributed by atoms with van der Waals surface area (Å²) in [7, 11) is 0. The number of para-hydroxylation sites is 5. The normalized spacial score (nSPS) is 11.6. The van der Waals surface area contributed by atoms with Gasteiger partial charge >= 0.3 is 0 Å². The van der Waals surface area contributed by atoms with Gasteiger partial charge in [0.15, 0.2) is 17.5 Å². The first-order valence-electron chi connectivity index (χ1n) is 18.9. The molecule has 0 saturated carbocycles. The van der Waals surface area contributed by atoms with Crippen molar-refractivity contribution in [1.29, 1.82) is 0 Å². The summed E-state index contributed by atoms with van der Waals surface area (Å²) in [5.74, 6) is 1.88. The van der Waals surface area contributed by atoms with Crippen molar-refractivity contribution in [1.82, 2.24) is 24.1 Å². The van der Waals surface area contributed by atoms with Gasteiger partial charge in [0.05, 0.1) is 33.4 Å². The quantitative estimate of drug-likeness (QED) is 0.172. The van der Waals surface area contributed by atoms with E-state index >= 15 is 0 Å². The molecule has 0 aliphatic rings. The van der Waals surface area contributed by atoms with Crippen molar-refractivity contribution in [3.63, 3.8) is 0 Å². The van der Waals surface area contributed by atoms with Crippen molar-refractivity contribution in [3.8, 4) is 56.7 Å². The summed E-state index contributed by atoms with van der Waals surface area (Å²) < 4.78 is 4.82. The highest BCUT2D eigenvalue weighted by molar-refractivity contribution is 6.11. The van der Waals surface area contributed by atoms with E-state index in [0.29, 0.717) is 17.5 Å². The Bertz CT molecular complexity index is 3090. The zero-order valence-electron chi connectivity index (χ0n) is 30.3. The van der Waals surface area contributed by atoms with Gasteiger partial charge < -0.3 is 9.13 Å². The maximum Gasteiger partial charge on any atom is 0.164 e. The zero-order chi connectivity index (χ0) is 37.0. The van der Waals surface area contributed by atoms with E-state index < -0.39 is 0 Å². The minimum absolute atomic E-state index is 0.613. The molecule has 0 N–H and O–H groups in total. The Balaban J connectivity index is 1.22. The van der Waals surface area contributed by atoms with Crippen molar-refractivity contribution >= 4 is 43.6 Å². The highest BCUT2D eigenvalue weighted by Crippen LogP contribution is 2.42. The van der Waals surface area contributed by atoms with Crippen LogP contribution in [0.4, 0.5) is 0 Å². The van der Waals surface area contributed by atoms with Crippen molar-refractivity contribution in [2.24, 2.45) is 0 Å². The Hall–Kier alpha value is -7.63. The SMILES string of the molecule is c1ccc(-c2nc(-c3ccccc3)nc(-c3ccc(-n4c5ccccc5c5ccccc54)c(-c4ccccc4-n4c5ccccc5c5ccccc54)c3)n2)cc1. The zero-order valence-corrected chi connectivity index (χ0v) is 30.3. The second-order valence-electron chi connectivity index (χ2n) is 14.0. The fourth-order valence-electron chi connectivity index (χ4n) is 8.28. The molecule has 0 fully saturated rings. The molecule has 0 spiro atoms. The molecule has 5 nitrogen and oxygen atoms in total. The fraction of sp³-hybridized carbons (Fsp3) is 0. The lowest BCUT2D eigenvalue weighted by atomic mass is 9.98. The highest BCUT2D eigenvalue weighted by Gasteiger charge is 2.22. The number of aromatic nitrogens is 5. The van der Waals surface area contributed by atoms with Crippen LogP contribution in [0.2, 0.25) is 0 Å². The molecule has 5 heteroatoms. The number of nitrogens with zero attached hydrogens (tertiary/aromatic N) is 5. The van der Waals surface area contributed by atoms with Gasteiger partial charge in [-0.1, -0.05) is 152 Å². The van der Waals surface area contributed by atoms with Crippen LogP contribution in [0.15, 0.2) is 200 Å². The van der Waals surface area contributed by atoms with Gasteiger partial charge in [0.25, 0.3) is 0 Å². The second kappa shape index (κ2) is 13.0. The molecule has 262 valence electrons. The third kappa shape index (κ3) is 5.13. The molecule has 0 radical (unpaired) electrons. The van der Waals surface area contributed by atoms with Gasteiger partial charge in [-0.2, -0.15) is 0 Å². The minimum Gasteiger partial charge on any atom is -0.309 e. The Morgan fingerprint density at radius 2 is 0.625 bits per heavy atom. The van der Waals surface area contributed by atoms with Crippen LogP contribution >= 0.6 is 0 Å². The van der Waals surface area contributed by atoms with Crippen LogP contribution in [0.25, 0.3) is 100 Å². The minimum atomic E-state index is 0.613. The van der Waals surface area contributed by atoms with E-state index in [1.165, 1.54) is 21.5 Å². The third-order valence-electron chi connectivity index (χ3n) is 10.8. The molecular weight excluding hydrogens is 683 g/mol. The van der Waals surface area contributed by atoms with Crippen molar-refractivity contribution < 1.29 is 0 Å². The van der Waals surface area contributed by atoms with Crippen LogP contribution in [0, 0.1) is 0 Å². The maximum atomic E-state index is 5.15. The molecular formula is C51H33N5. The average Bonchev–Trinajstić information content (AvgIpc) is 3.80. The van der Waals surface area contributed by atoms with Gasteiger partial charge in [-0.3, -0.25) is 0 Å². The van der Waals surface area contributed by atoms with Crippen LogP contribution in [0.5, 0.6) is 0 Å². The molecule has 11 rings (SSSR count). The van der Waals surface area contributed by atoms with Crippen LogP contribution in [-0.4, -0.2) is 24.1 Å². The second-order valence-corrected chi connectivity index (χ2v) is 14.0. The Kier molecular flexibility index (Phi) is 7.42. The van der Waals surface area contributed by atoms with Crippen LogP contribution in [-0.2, 0) is 0 Å². The molecule has 0 aliphatic heterocycles. The van der Waals surface area contributed by atoms with E-state index in [2.05, 4.69) is 149 Å². The van der Waals surface area contributed by atoms with Gasteiger partial charge in [0, 0.05) is 49.4 Å². The van der Waals surface area contributed by atoms with Gasteiger partial charge in [0.2, 0.25) is 0 Å². The molecule has 3 heterocycles. The van der Waals surface area contributed by atoms with Crippen molar-refractivity contribution in [2.75, 3.05) is 0 Å². The molecule has 0 amide bonds. The molecule has 0 bridgehead atoms. The summed E-state index contributed by atoms with van der Waals surface area (Å²) in [5.41, 5.74) is 11.7. The predicted molar refractivity (Wildman–Crippen MR) is 230 cm³/mol. The Morgan fingerprint density at radius 1 is 0.268 bits per heavy atom. The fourth-order valence-corrected chi connectivity index (χ4v) is 8.28. The van der Waals surface area contributed by atoms with E-state index in [-0.39, 0.29) is 0 Å². The molecule has 0 saturated heterocycles. The maximum absolute atomic E-state index is 5.15. The molecule has 3 aromatic heterocycles. The lowest BCUT2D eigenvalue weighted by Gasteiger charge is -2.19. The van der Waals surface area contributed by atoms with Crippen LogP contribution < -0.4 is 0 Å². The number of hydrogen-bond acceptors (Lipinski definition) is 3. The van der Waals surface area contributed by atoms with Crippen molar-refractivity contribution in [3.05, 3.63) is 200 Å². The topological polar surface area (TPSA) is 48.5 Å². The van der Waals surface area contributed by atoms with E-state index in [9.17, 15) is 0 Å². The lowest BCUT2D eigenvalue weighted by molar-refractivity contribution is 1.07.